The summed E-state index contributed by atoms with van der Waals surface area (Å²) in [5.41, 5.74) is 4.69. The molecule has 24 heavy (non-hydrogen) atoms. The monoisotopic (exact) mass is 383 g/mol. The van der Waals surface area contributed by atoms with Gasteiger partial charge in [-0.3, -0.25) is 0 Å². The predicted molar refractivity (Wildman–Crippen MR) is 88.7 cm³/mol. The number of nitrogens with one attached hydrogen (secondary N) is 1. The number of thiocarbonyl (C=S) groups is 1. The average molecular weight is 384 g/mol. The summed E-state index contributed by atoms with van der Waals surface area (Å²) in [6.45, 7) is 3.97. The molecule has 0 spiro atoms. The van der Waals surface area contributed by atoms with Gasteiger partial charge >= 0.3 is 6.18 Å². The molecule has 0 saturated heterocycles. The van der Waals surface area contributed by atoms with Crippen molar-refractivity contribution in [3.8, 4) is 5.75 Å². The Hall–Kier alpha value is -1.87. The highest BCUT2D eigenvalue weighted by molar-refractivity contribution is 7.80. The van der Waals surface area contributed by atoms with Gasteiger partial charge in [0, 0.05) is 18.3 Å². The van der Waals surface area contributed by atoms with E-state index < -0.39 is 28.3 Å². The number of rotatable bonds is 4. The number of hydrogen-bond acceptors (Lipinski definition) is 3. The Morgan fingerprint density at radius 2 is 2.08 bits per heavy atom. The van der Waals surface area contributed by atoms with Crippen LogP contribution in [0.4, 0.5) is 17.6 Å². The lowest BCUT2D eigenvalue weighted by molar-refractivity contribution is -0.137. The van der Waals surface area contributed by atoms with Crippen LogP contribution in [-0.4, -0.2) is 17.4 Å². The van der Waals surface area contributed by atoms with Crippen molar-refractivity contribution in [3.05, 3.63) is 40.5 Å². The highest BCUT2D eigenvalue weighted by Gasteiger charge is 2.32. The Morgan fingerprint density at radius 3 is 2.58 bits per heavy atom. The molecule has 0 radical (unpaired) electrons. The molecule has 0 aliphatic heterocycles. The molecule has 0 bridgehead atoms. The van der Waals surface area contributed by atoms with Crippen molar-refractivity contribution in [2.24, 2.45) is 10.7 Å². The molecule has 1 aromatic rings. The highest BCUT2D eigenvalue weighted by Crippen LogP contribution is 2.37. The zero-order valence-electron chi connectivity index (χ0n) is 12.7. The van der Waals surface area contributed by atoms with Crippen LogP contribution < -0.4 is 15.8 Å². The first kappa shape index (κ1) is 20.2. The maximum atomic E-state index is 13.8. The molecule has 4 nitrogen and oxygen atoms in total. The van der Waals surface area contributed by atoms with Crippen molar-refractivity contribution in [3.63, 3.8) is 0 Å². The van der Waals surface area contributed by atoms with Gasteiger partial charge in [0.1, 0.15) is 0 Å². The third kappa shape index (κ3) is 5.97. The molecule has 0 amide bonds. The van der Waals surface area contributed by atoms with Crippen LogP contribution in [-0.2, 0) is 6.18 Å². The Balaban J connectivity index is 3.01. The first-order valence-electron chi connectivity index (χ1n) is 6.59. The van der Waals surface area contributed by atoms with Gasteiger partial charge in [0.05, 0.1) is 10.6 Å². The molecule has 0 unspecified atom stereocenters. The van der Waals surface area contributed by atoms with E-state index in [0.29, 0.717) is 18.3 Å². The van der Waals surface area contributed by atoms with Crippen molar-refractivity contribution in [1.29, 1.82) is 0 Å². The van der Waals surface area contributed by atoms with E-state index in [1.54, 1.807) is 6.92 Å². The van der Waals surface area contributed by atoms with Gasteiger partial charge in [0.15, 0.2) is 22.6 Å². The lowest BCUT2D eigenvalue weighted by Crippen LogP contribution is -2.19. The topological polar surface area (TPSA) is 59.6 Å². The largest absolute Gasteiger partial charge is 0.437 e. The zero-order chi connectivity index (χ0) is 18.5. The Labute approximate surface area is 146 Å². The van der Waals surface area contributed by atoms with Gasteiger partial charge in [-0.15, -0.1) is 0 Å². The van der Waals surface area contributed by atoms with Crippen LogP contribution in [0, 0.1) is 5.82 Å². The van der Waals surface area contributed by atoms with E-state index >= 15 is 0 Å². The fourth-order valence-corrected chi connectivity index (χ4v) is 2.09. The Kier molecular flexibility index (Phi) is 6.97. The lowest BCUT2D eigenvalue weighted by Gasteiger charge is -2.12. The van der Waals surface area contributed by atoms with Crippen molar-refractivity contribution < 1.29 is 22.3 Å². The van der Waals surface area contributed by atoms with E-state index in [1.165, 1.54) is 6.08 Å². The van der Waals surface area contributed by atoms with Crippen molar-refractivity contribution in [2.45, 2.75) is 20.0 Å². The van der Waals surface area contributed by atoms with E-state index in [4.69, 9.17) is 34.3 Å². The smallest absolute Gasteiger partial charge is 0.416 e. The van der Waals surface area contributed by atoms with E-state index in [0.717, 1.165) is 0 Å². The first-order chi connectivity index (χ1) is 11.0. The van der Waals surface area contributed by atoms with Crippen LogP contribution in [0.5, 0.6) is 5.75 Å². The van der Waals surface area contributed by atoms with E-state index in [1.807, 2.05) is 6.92 Å². The minimum absolute atomic E-state index is 0.220. The molecule has 0 heterocycles. The van der Waals surface area contributed by atoms with Crippen molar-refractivity contribution in [1.82, 2.24) is 5.32 Å². The van der Waals surface area contributed by atoms with E-state index in [9.17, 15) is 17.6 Å². The third-order valence-electron chi connectivity index (χ3n) is 2.50. The molecular formula is C14H14ClF4N3OS. The third-order valence-corrected chi connectivity index (χ3v) is 3.02. The van der Waals surface area contributed by atoms with E-state index in [2.05, 4.69) is 10.3 Å². The van der Waals surface area contributed by atoms with Crippen LogP contribution >= 0.6 is 23.8 Å². The molecule has 1 aromatic carbocycles. The summed E-state index contributed by atoms with van der Waals surface area (Å²) >= 11 is 10.5. The summed E-state index contributed by atoms with van der Waals surface area (Å²) in [7, 11) is 0. The maximum absolute atomic E-state index is 13.8. The molecule has 3 N–H and O–H groups in total. The Bertz CT molecular complexity index is 666. The van der Waals surface area contributed by atoms with E-state index in [-0.39, 0.29) is 17.1 Å². The fraction of sp³-hybridized carbons (Fsp3) is 0.286. The van der Waals surface area contributed by atoms with Crippen molar-refractivity contribution in [2.75, 3.05) is 6.54 Å². The van der Waals surface area contributed by atoms with Crippen LogP contribution in [0.1, 0.15) is 19.4 Å². The fourth-order valence-electron chi connectivity index (χ4n) is 1.56. The van der Waals surface area contributed by atoms with Crippen molar-refractivity contribution >= 4 is 34.6 Å². The average Bonchev–Trinajstić information content (AvgIpc) is 2.41. The molecule has 0 atom stereocenters. The Morgan fingerprint density at radius 1 is 1.46 bits per heavy atom. The number of allylic oxidation sites excluding steroid dienone is 1. The second-order valence-electron chi connectivity index (χ2n) is 4.50. The zero-order valence-corrected chi connectivity index (χ0v) is 14.2. The summed E-state index contributed by atoms with van der Waals surface area (Å²) in [5.74, 6) is -2.21. The molecule has 0 aliphatic carbocycles. The van der Waals surface area contributed by atoms with Crippen LogP contribution in [0.25, 0.3) is 0 Å². The number of benzene rings is 1. The number of alkyl halides is 3. The number of hydrogen-bond donors (Lipinski definition) is 2. The molecule has 0 aromatic heterocycles. The standard InChI is InChI=1S/C14H14ClF4N3OS/c1-3-21-13(24)22-7(2)4-11(20)23-12-9(15)5-8(6-10(12)16)14(17,18)19/h4-6H,3,20H2,1-2H3,(H,21,24). The SMILES string of the molecule is CCNC(=S)N=C(C)C=C(N)Oc1c(F)cc(C(F)(F)F)cc1Cl. The van der Waals surface area contributed by atoms with Gasteiger partial charge in [0.25, 0.3) is 0 Å². The van der Waals surface area contributed by atoms with Crippen LogP contribution in [0.2, 0.25) is 5.02 Å². The van der Waals surface area contributed by atoms with Gasteiger partial charge in [-0.05, 0) is 38.2 Å². The summed E-state index contributed by atoms with van der Waals surface area (Å²) in [4.78, 5) is 3.96. The lowest BCUT2D eigenvalue weighted by atomic mass is 10.2. The molecule has 0 fully saturated rings. The van der Waals surface area contributed by atoms with Gasteiger partial charge in [-0.2, -0.15) is 13.2 Å². The number of nitrogens with zero attached hydrogens (tertiary/aromatic N) is 1. The van der Waals surface area contributed by atoms with Gasteiger partial charge in [0.2, 0.25) is 0 Å². The minimum Gasteiger partial charge on any atom is -0.437 e. The van der Waals surface area contributed by atoms with Gasteiger partial charge in [-0.1, -0.05) is 11.6 Å². The quantitative estimate of drug-likeness (QED) is 0.356. The van der Waals surface area contributed by atoms with Gasteiger partial charge in [-0.25, -0.2) is 9.38 Å². The van der Waals surface area contributed by atoms with Crippen LogP contribution in [0.3, 0.4) is 0 Å². The molecule has 10 heteroatoms. The maximum Gasteiger partial charge on any atom is 0.416 e. The number of nitrogens with two attached hydrogens (primary N) is 1. The molecule has 1 rings (SSSR count). The minimum atomic E-state index is -4.73. The summed E-state index contributed by atoms with van der Waals surface area (Å²) in [6.07, 6.45) is -3.49. The molecule has 0 saturated carbocycles. The molecule has 0 aliphatic rings. The summed E-state index contributed by atoms with van der Waals surface area (Å²) in [6, 6.07) is 0.824. The molecular weight excluding hydrogens is 370 g/mol. The predicted octanol–water partition coefficient (Wildman–Crippen LogP) is 4.03. The second kappa shape index (κ2) is 8.29. The van der Waals surface area contributed by atoms with Crippen LogP contribution in [0.15, 0.2) is 29.1 Å². The normalized spacial score (nSPS) is 13.0. The number of aliphatic imine (C=N–C) groups is 1. The highest BCUT2D eigenvalue weighted by atomic mass is 35.5. The second-order valence-corrected chi connectivity index (χ2v) is 5.30. The number of halogens is 5. The van der Waals surface area contributed by atoms with Gasteiger partial charge < -0.3 is 15.8 Å². The molecule has 132 valence electrons. The summed E-state index contributed by atoms with van der Waals surface area (Å²) in [5, 5.41) is 2.44. The first-order valence-corrected chi connectivity index (χ1v) is 7.37. The number of ether oxygens (including phenoxy) is 1. The summed E-state index contributed by atoms with van der Waals surface area (Å²) < 4.78 is 56.5.